The number of fused-ring (bicyclic) bond motifs is 1. The van der Waals surface area contributed by atoms with Crippen molar-refractivity contribution in [3.63, 3.8) is 0 Å². The van der Waals surface area contributed by atoms with Gasteiger partial charge >= 0.3 is 0 Å². The average molecular weight is 562 g/mol. The lowest BCUT2D eigenvalue weighted by Crippen LogP contribution is -2.38. The number of aryl methyl sites for hydroxylation is 1. The first kappa shape index (κ1) is 29.2. The molecule has 8 heteroatoms. The SMILES string of the molecule is CC(=O)N[C@H]1CC[C@H](CN2CC[C@@H](Cc3cn(-c4ccc(F)cc4C(=O)N(C)C(C)C)c4cncc(C)c34)C2)CC1. The Morgan fingerprint density at radius 3 is 2.59 bits per heavy atom. The van der Waals surface area contributed by atoms with Gasteiger partial charge in [0.05, 0.1) is 23.0 Å². The molecule has 5 rings (SSSR count). The summed E-state index contributed by atoms with van der Waals surface area (Å²) in [6.45, 7) is 10.9. The maximum Gasteiger partial charge on any atom is 0.256 e. The third kappa shape index (κ3) is 6.48. The molecule has 2 aromatic heterocycles. The van der Waals surface area contributed by atoms with Crippen LogP contribution in [0.15, 0.2) is 36.8 Å². The van der Waals surface area contributed by atoms with Crippen molar-refractivity contribution in [1.82, 2.24) is 24.7 Å². The minimum absolute atomic E-state index is 0.00273. The van der Waals surface area contributed by atoms with E-state index in [9.17, 15) is 14.0 Å². The van der Waals surface area contributed by atoms with Crippen molar-refractivity contribution < 1.29 is 14.0 Å². The normalized spacial score (nSPS) is 21.5. The second kappa shape index (κ2) is 12.3. The number of nitrogens with one attached hydrogen (secondary N) is 1. The minimum atomic E-state index is -0.421. The highest BCUT2D eigenvalue weighted by atomic mass is 19.1. The summed E-state index contributed by atoms with van der Waals surface area (Å²) in [5.74, 6) is 0.713. The van der Waals surface area contributed by atoms with Gasteiger partial charge < -0.3 is 19.7 Å². The van der Waals surface area contributed by atoms with Gasteiger partial charge in [-0.15, -0.1) is 0 Å². The molecule has 1 atom stereocenters. The van der Waals surface area contributed by atoms with E-state index in [0.29, 0.717) is 29.1 Å². The molecule has 1 aliphatic heterocycles. The quantitative estimate of drug-likeness (QED) is 0.394. The number of carbonyl (C=O) groups is 2. The second-order valence-corrected chi connectivity index (χ2v) is 12.6. The number of pyridine rings is 1. The number of carbonyl (C=O) groups excluding carboxylic acids is 2. The van der Waals surface area contributed by atoms with Crippen molar-refractivity contribution in [3.05, 3.63) is 59.3 Å². The third-order valence-corrected chi connectivity index (χ3v) is 9.17. The summed E-state index contributed by atoms with van der Waals surface area (Å²) in [7, 11) is 1.76. The second-order valence-electron chi connectivity index (χ2n) is 12.6. The number of rotatable bonds is 8. The van der Waals surface area contributed by atoms with Crippen LogP contribution in [-0.2, 0) is 11.2 Å². The number of amides is 2. The molecule has 1 saturated heterocycles. The van der Waals surface area contributed by atoms with Crippen molar-refractivity contribution in [2.24, 2.45) is 11.8 Å². The fourth-order valence-corrected chi connectivity index (χ4v) is 6.81. The van der Waals surface area contributed by atoms with Gasteiger partial charge in [0.1, 0.15) is 5.82 Å². The van der Waals surface area contributed by atoms with E-state index < -0.39 is 5.82 Å². The molecule has 41 heavy (non-hydrogen) atoms. The van der Waals surface area contributed by atoms with Gasteiger partial charge in [-0.2, -0.15) is 0 Å². The fourth-order valence-electron chi connectivity index (χ4n) is 6.81. The number of hydrogen-bond donors (Lipinski definition) is 1. The number of benzene rings is 1. The van der Waals surface area contributed by atoms with Gasteiger partial charge in [0.25, 0.3) is 5.91 Å². The van der Waals surface area contributed by atoms with Gasteiger partial charge in [-0.25, -0.2) is 4.39 Å². The predicted molar refractivity (Wildman–Crippen MR) is 161 cm³/mol. The summed E-state index contributed by atoms with van der Waals surface area (Å²) < 4.78 is 16.4. The van der Waals surface area contributed by atoms with Gasteiger partial charge in [-0.1, -0.05) is 0 Å². The molecular formula is C33H44FN5O2. The molecule has 0 bridgehead atoms. The van der Waals surface area contributed by atoms with E-state index in [1.165, 1.54) is 35.9 Å². The van der Waals surface area contributed by atoms with Gasteiger partial charge in [0.2, 0.25) is 5.91 Å². The van der Waals surface area contributed by atoms with E-state index in [-0.39, 0.29) is 17.9 Å². The number of hydrogen-bond acceptors (Lipinski definition) is 4. The summed E-state index contributed by atoms with van der Waals surface area (Å²) in [6, 6.07) is 4.82. The van der Waals surface area contributed by atoms with Crippen molar-refractivity contribution in [3.8, 4) is 5.69 Å². The van der Waals surface area contributed by atoms with E-state index in [2.05, 4.69) is 28.3 Å². The molecule has 0 radical (unpaired) electrons. The molecule has 3 heterocycles. The van der Waals surface area contributed by atoms with Crippen molar-refractivity contribution in [2.45, 2.75) is 78.3 Å². The van der Waals surface area contributed by atoms with Crippen LogP contribution >= 0.6 is 0 Å². The van der Waals surface area contributed by atoms with E-state index in [1.54, 1.807) is 24.9 Å². The molecule has 2 aliphatic rings. The Morgan fingerprint density at radius 2 is 1.88 bits per heavy atom. The lowest BCUT2D eigenvalue weighted by molar-refractivity contribution is -0.119. The molecule has 7 nitrogen and oxygen atoms in total. The van der Waals surface area contributed by atoms with E-state index in [4.69, 9.17) is 0 Å². The minimum Gasteiger partial charge on any atom is -0.354 e. The Morgan fingerprint density at radius 1 is 1.12 bits per heavy atom. The highest BCUT2D eigenvalue weighted by Crippen LogP contribution is 2.33. The lowest BCUT2D eigenvalue weighted by atomic mass is 9.85. The van der Waals surface area contributed by atoms with Crippen LogP contribution in [0.2, 0.25) is 0 Å². The zero-order valence-electron chi connectivity index (χ0n) is 25.1. The molecule has 0 spiro atoms. The monoisotopic (exact) mass is 561 g/mol. The highest BCUT2D eigenvalue weighted by molar-refractivity contribution is 5.99. The predicted octanol–water partition coefficient (Wildman–Crippen LogP) is 5.51. The lowest BCUT2D eigenvalue weighted by Gasteiger charge is -2.31. The van der Waals surface area contributed by atoms with Crippen LogP contribution in [0.4, 0.5) is 4.39 Å². The Labute approximate surface area is 243 Å². The molecular weight excluding hydrogens is 517 g/mol. The van der Waals surface area contributed by atoms with Crippen LogP contribution in [0.5, 0.6) is 0 Å². The number of aromatic nitrogens is 2. The molecule has 1 aromatic carbocycles. The van der Waals surface area contributed by atoms with E-state index in [0.717, 1.165) is 56.4 Å². The van der Waals surface area contributed by atoms with Crippen LogP contribution in [0, 0.1) is 24.6 Å². The van der Waals surface area contributed by atoms with Crippen molar-refractivity contribution >= 4 is 22.7 Å². The largest absolute Gasteiger partial charge is 0.354 e. The topological polar surface area (TPSA) is 70.5 Å². The van der Waals surface area contributed by atoms with Gasteiger partial charge in [-0.05, 0) is 107 Å². The summed E-state index contributed by atoms with van der Waals surface area (Å²) >= 11 is 0. The Bertz CT molecular complexity index is 1410. The maximum absolute atomic E-state index is 14.4. The Hall–Kier alpha value is -3.26. The fraction of sp³-hybridized carbons (Fsp3) is 0.545. The molecule has 0 unspecified atom stereocenters. The van der Waals surface area contributed by atoms with Crippen LogP contribution in [0.3, 0.4) is 0 Å². The molecule has 3 aromatic rings. The molecule has 2 fully saturated rings. The Balaban J connectivity index is 1.34. The number of likely N-dealkylation sites (tertiary alicyclic amines) is 1. The van der Waals surface area contributed by atoms with Crippen LogP contribution in [-0.4, -0.2) is 69.9 Å². The van der Waals surface area contributed by atoms with E-state index in [1.807, 2.05) is 30.8 Å². The first-order valence-corrected chi connectivity index (χ1v) is 15.1. The Kier molecular flexibility index (Phi) is 8.78. The molecule has 1 aliphatic carbocycles. The van der Waals surface area contributed by atoms with E-state index >= 15 is 0 Å². The maximum atomic E-state index is 14.4. The number of halogens is 1. The van der Waals surface area contributed by atoms with Gasteiger partial charge in [0, 0.05) is 56.9 Å². The molecule has 1 N–H and O–H groups in total. The summed E-state index contributed by atoms with van der Waals surface area (Å²) in [4.78, 5) is 33.5. The summed E-state index contributed by atoms with van der Waals surface area (Å²) in [6.07, 6.45) is 12.5. The standard InChI is InChI=1S/C33H44FN5O2/c1-21(2)37(5)33(41)29-15-27(34)8-11-30(29)39-20-26(32-22(3)16-35-17-31(32)39)14-25-12-13-38(19-25)18-24-6-9-28(10-7-24)36-23(4)40/h8,11,15-17,20-21,24-25,28H,6-7,9-10,12-14,18-19H2,1-5H3,(H,36,40)/t24-,25-,28-/m0/s1. The zero-order chi connectivity index (χ0) is 29.3. The van der Waals surface area contributed by atoms with Crippen molar-refractivity contribution in [1.29, 1.82) is 0 Å². The van der Waals surface area contributed by atoms with Gasteiger partial charge in [-0.3, -0.25) is 14.6 Å². The summed E-state index contributed by atoms with van der Waals surface area (Å²) in [5.41, 5.74) is 4.33. The average Bonchev–Trinajstić information content (AvgIpc) is 3.53. The smallest absolute Gasteiger partial charge is 0.256 e. The third-order valence-electron chi connectivity index (χ3n) is 9.17. The number of nitrogens with zero attached hydrogens (tertiary/aromatic N) is 4. The molecule has 220 valence electrons. The molecule has 1 saturated carbocycles. The summed E-state index contributed by atoms with van der Waals surface area (Å²) in [5, 5.41) is 4.26. The van der Waals surface area contributed by atoms with Crippen LogP contribution in [0.25, 0.3) is 16.6 Å². The van der Waals surface area contributed by atoms with Crippen molar-refractivity contribution in [2.75, 3.05) is 26.7 Å². The first-order chi connectivity index (χ1) is 19.6. The van der Waals surface area contributed by atoms with Crippen LogP contribution < -0.4 is 5.32 Å². The highest BCUT2D eigenvalue weighted by Gasteiger charge is 2.29. The molecule has 2 amide bonds. The van der Waals surface area contributed by atoms with Crippen LogP contribution in [0.1, 0.15) is 74.4 Å². The first-order valence-electron chi connectivity index (χ1n) is 15.1. The van der Waals surface area contributed by atoms with Gasteiger partial charge in [0.15, 0.2) is 0 Å². The zero-order valence-corrected chi connectivity index (χ0v) is 25.1.